The molecule has 0 aliphatic heterocycles. The van der Waals surface area contributed by atoms with Crippen molar-refractivity contribution in [3.63, 3.8) is 0 Å². The van der Waals surface area contributed by atoms with Gasteiger partial charge in [-0.15, -0.1) is 5.10 Å². The Morgan fingerprint density at radius 3 is 2.89 bits per heavy atom. The first-order valence-electron chi connectivity index (χ1n) is 6.31. The van der Waals surface area contributed by atoms with E-state index in [1.165, 1.54) is 5.57 Å². The van der Waals surface area contributed by atoms with Gasteiger partial charge >= 0.3 is 0 Å². The number of para-hydroxylation sites is 1. The van der Waals surface area contributed by atoms with E-state index in [1.54, 1.807) is 11.8 Å². The van der Waals surface area contributed by atoms with Gasteiger partial charge in [-0.3, -0.25) is 0 Å². The third-order valence-electron chi connectivity index (χ3n) is 2.48. The predicted octanol–water partition coefficient (Wildman–Crippen LogP) is 4.00. The van der Waals surface area contributed by atoms with Crippen molar-refractivity contribution < 1.29 is 0 Å². The Hall–Kier alpha value is -1.75. The standard InChI is InChI=1S/C14H18N4S/c1-3-7-11(2)10-19-14-16-13(17-18-14)15-12-8-5-4-6-9-12/h4-9H,3,10H2,1-2H3,(H2,15,16,17,18). The molecule has 100 valence electrons. The molecule has 0 saturated carbocycles. The maximum atomic E-state index is 4.40. The number of aromatic amines is 1. The molecule has 0 aliphatic rings. The highest BCUT2D eigenvalue weighted by Crippen LogP contribution is 2.19. The lowest BCUT2D eigenvalue weighted by molar-refractivity contribution is 0.974. The Kier molecular flexibility index (Phi) is 5.03. The number of H-pyrrole nitrogens is 1. The molecule has 2 rings (SSSR count). The summed E-state index contributed by atoms with van der Waals surface area (Å²) in [7, 11) is 0. The van der Waals surface area contributed by atoms with Gasteiger partial charge in [0.25, 0.3) is 0 Å². The van der Waals surface area contributed by atoms with Crippen molar-refractivity contribution in [3.05, 3.63) is 42.0 Å². The van der Waals surface area contributed by atoms with Gasteiger partial charge in [0, 0.05) is 11.4 Å². The van der Waals surface area contributed by atoms with Crippen LogP contribution in [0.1, 0.15) is 20.3 Å². The normalized spacial score (nSPS) is 11.6. The highest BCUT2D eigenvalue weighted by atomic mass is 32.2. The van der Waals surface area contributed by atoms with Crippen LogP contribution in [-0.2, 0) is 0 Å². The Morgan fingerprint density at radius 2 is 2.16 bits per heavy atom. The number of anilines is 2. The van der Waals surface area contributed by atoms with Crippen LogP contribution in [0.5, 0.6) is 0 Å². The number of nitrogens with zero attached hydrogens (tertiary/aromatic N) is 2. The Morgan fingerprint density at radius 1 is 1.37 bits per heavy atom. The van der Waals surface area contributed by atoms with E-state index in [2.05, 4.69) is 40.4 Å². The zero-order chi connectivity index (χ0) is 13.5. The second-order valence-electron chi connectivity index (χ2n) is 4.21. The first kappa shape index (κ1) is 13.7. The van der Waals surface area contributed by atoms with Gasteiger partial charge in [-0.25, -0.2) is 5.10 Å². The molecule has 1 aromatic carbocycles. The first-order chi connectivity index (χ1) is 9.28. The molecule has 2 N–H and O–H groups in total. The second-order valence-corrected chi connectivity index (χ2v) is 5.15. The van der Waals surface area contributed by atoms with Crippen molar-refractivity contribution in [2.45, 2.75) is 25.4 Å². The highest BCUT2D eigenvalue weighted by molar-refractivity contribution is 7.99. The van der Waals surface area contributed by atoms with Gasteiger partial charge < -0.3 is 5.32 Å². The van der Waals surface area contributed by atoms with Crippen molar-refractivity contribution >= 4 is 23.4 Å². The number of rotatable bonds is 6. The summed E-state index contributed by atoms with van der Waals surface area (Å²) in [5.74, 6) is 1.60. The number of hydrogen-bond acceptors (Lipinski definition) is 4. The van der Waals surface area contributed by atoms with Gasteiger partial charge in [-0.2, -0.15) is 4.98 Å². The molecule has 0 unspecified atom stereocenters. The lowest BCUT2D eigenvalue weighted by Crippen LogP contribution is -1.91. The number of allylic oxidation sites excluding steroid dienone is 1. The molecule has 0 saturated heterocycles. The van der Waals surface area contributed by atoms with Crippen LogP contribution in [0, 0.1) is 0 Å². The SMILES string of the molecule is CCC=C(C)CSc1n[nH]c(Nc2ccccc2)n1. The van der Waals surface area contributed by atoms with Gasteiger partial charge in [0.05, 0.1) is 0 Å². The van der Waals surface area contributed by atoms with E-state index >= 15 is 0 Å². The summed E-state index contributed by atoms with van der Waals surface area (Å²) in [4.78, 5) is 4.40. The zero-order valence-corrected chi connectivity index (χ0v) is 12.0. The average Bonchev–Trinajstić information content (AvgIpc) is 2.86. The van der Waals surface area contributed by atoms with E-state index in [0.29, 0.717) is 5.95 Å². The quantitative estimate of drug-likeness (QED) is 0.617. The van der Waals surface area contributed by atoms with E-state index < -0.39 is 0 Å². The topological polar surface area (TPSA) is 53.6 Å². The summed E-state index contributed by atoms with van der Waals surface area (Å²) < 4.78 is 0. The van der Waals surface area contributed by atoms with E-state index in [9.17, 15) is 0 Å². The molecule has 0 spiro atoms. The number of aromatic nitrogens is 3. The fraction of sp³-hybridized carbons (Fsp3) is 0.286. The maximum Gasteiger partial charge on any atom is 0.223 e. The van der Waals surface area contributed by atoms with Crippen LogP contribution in [0.15, 0.2) is 47.1 Å². The van der Waals surface area contributed by atoms with Gasteiger partial charge in [-0.05, 0) is 25.5 Å². The summed E-state index contributed by atoms with van der Waals surface area (Å²) in [5.41, 5.74) is 2.35. The smallest absolute Gasteiger partial charge is 0.223 e. The lowest BCUT2D eigenvalue weighted by Gasteiger charge is -2.00. The van der Waals surface area contributed by atoms with E-state index in [1.807, 2.05) is 30.3 Å². The number of benzene rings is 1. The molecule has 4 nitrogen and oxygen atoms in total. The van der Waals surface area contributed by atoms with Gasteiger partial charge in [-0.1, -0.05) is 48.5 Å². The van der Waals surface area contributed by atoms with Crippen LogP contribution in [0.3, 0.4) is 0 Å². The van der Waals surface area contributed by atoms with Crippen LogP contribution in [-0.4, -0.2) is 20.9 Å². The van der Waals surface area contributed by atoms with E-state index in [4.69, 9.17) is 0 Å². The number of thioether (sulfide) groups is 1. The molecule has 0 fully saturated rings. The van der Waals surface area contributed by atoms with Crippen molar-refractivity contribution in [1.82, 2.24) is 15.2 Å². The lowest BCUT2D eigenvalue weighted by atomic mass is 10.3. The third kappa shape index (κ3) is 4.44. The fourth-order valence-electron chi connectivity index (χ4n) is 1.61. The van der Waals surface area contributed by atoms with E-state index in [-0.39, 0.29) is 0 Å². The maximum absolute atomic E-state index is 4.40. The molecule has 5 heteroatoms. The number of hydrogen-bond donors (Lipinski definition) is 2. The predicted molar refractivity (Wildman–Crippen MR) is 80.9 cm³/mol. The highest BCUT2D eigenvalue weighted by Gasteiger charge is 2.04. The molecule has 0 amide bonds. The van der Waals surface area contributed by atoms with Crippen molar-refractivity contribution in [2.24, 2.45) is 0 Å². The summed E-state index contributed by atoms with van der Waals surface area (Å²) in [5, 5.41) is 11.0. The Balaban J connectivity index is 1.90. The van der Waals surface area contributed by atoms with Crippen molar-refractivity contribution in [2.75, 3.05) is 11.1 Å². The first-order valence-corrected chi connectivity index (χ1v) is 7.29. The summed E-state index contributed by atoms with van der Waals surface area (Å²) in [6.07, 6.45) is 3.30. The van der Waals surface area contributed by atoms with E-state index in [0.717, 1.165) is 23.0 Å². The minimum Gasteiger partial charge on any atom is -0.325 e. The van der Waals surface area contributed by atoms with Crippen molar-refractivity contribution in [1.29, 1.82) is 0 Å². The average molecular weight is 274 g/mol. The van der Waals surface area contributed by atoms with Crippen LogP contribution in [0.25, 0.3) is 0 Å². The van der Waals surface area contributed by atoms with Crippen LogP contribution >= 0.6 is 11.8 Å². The van der Waals surface area contributed by atoms with Crippen LogP contribution in [0.4, 0.5) is 11.6 Å². The molecule has 1 aromatic heterocycles. The van der Waals surface area contributed by atoms with Crippen LogP contribution in [0.2, 0.25) is 0 Å². The Labute approximate surface area is 117 Å². The summed E-state index contributed by atoms with van der Waals surface area (Å²) in [6, 6.07) is 9.92. The minimum atomic E-state index is 0.672. The fourth-order valence-corrected chi connectivity index (χ4v) is 2.35. The van der Waals surface area contributed by atoms with Crippen molar-refractivity contribution in [3.8, 4) is 0 Å². The molecular weight excluding hydrogens is 256 g/mol. The van der Waals surface area contributed by atoms with Gasteiger partial charge in [0.2, 0.25) is 11.1 Å². The molecule has 2 aromatic rings. The largest absolute Gasteiger partial charge is 0.325 e. The summed E-state index contributed by atoms with van der Waals surface area (Å²) in [6.45, 7) is 4.27. The molecule has 0 bridgehead atoms. The minimum absolute atomic E-state index is 0.672. The van der Waals surface area contributed by atoms with Gasteiger partial charge in [0.15, 0.2) is 0 Å². The monoisotopic (exact) mass is 274 g/mol. The molecule has 1 heterocycles. The summed E-state index contributed by atoms with van der Waals surface area (Å²) >= 11 is 1.64. The Bertz CT molecular complexity index is 533. The molecule has 0 atom stereocenters. The second kappa shape index (κ2) is 6.99. The van der Waals surface area contributed by atoms with Gasteiger partial charge in [0.1, 0.15) is 0 Å². The zero-order valence-electron chi connectivity index (χ0n) is 11.2. The molecule has 0 radical (unpaired) electrons. The third-order valence-corrected chi connectivity index (χ3v) is 3.52. The molecule has 19 heavy (non-hydrogen) atoms. The van der Waals surface area contributed by atoms with Crippen LogP contribution < -0.4 is 5.32 Å². The molecule has 0 aliphatic carbocycles. The molecular formula is C14H18N4S. The number of nitrogens with one attached hydrogen (secondary N) is 2.